The van der Waals surface area contributed by atoms with Gasteiger partial charge >= 0.3 is 5.97 Å². The molecule has 1 aromatic rings. The van der Waals surface area contributed by atoms with Crippen molar-refractivity contribution in [2.24, 2.45) is 0 Å². The molecule has 1 aromatic carbocycles. The average molecular weight is 288 g/mol. The van der Waals surface area contributed by atoms with Crippen molar-refractivity contribution in [2.75, 3.05) is 0 Å². The van der Waals surface area contributed by atoms with Crippen LogP contribution in [0.1, 0.15) is 42.5 Å². The van der Waals surface area contributed by atoms with Gasteiger partial charge in [0.1, 0.15) is 17.6 Å². The molecule has 0 bridgehead atoms. The van der Waals surface area contributed by atoms with Crippen LogP contribution in [0, 0.1) is 32.8 Å². The molecule has 1 heterocycles. The standard InChI is InChI=1S/C17H20O4/c1-6-9-20-14-10(2)11(3)15-13(12(14)4)7-8-17(5,21-15)16(18)19/h7-8H2,1-5H3,(H,18,19). The summed E-state index contributed by atoms with van der Waals surface area (Å²) in [6.07, 6.45) is 3.73. The van der Waals surface area contributed by atoms with E-state index in [0.29, 0.717) is 18.6 Å². The van der Waals surface area contributed by atoms with Gasteiger partial charge in [-0.15, -0.1) is 0 Å². The summed E-state index contributed by atoms with van der Waals surface area (Å²) in [5.41, 5.74) is 2.68. The molecule has 0 aliphatic carbocycles. The van der Waals surface area contributed by atoms with Gasteiger partial charge in [0, 0.05) is 18.9 Å². The second-order valence-electron chi connectivity index (χ2n) is 5.60. The summed E-state index contributed by atoms with van der Waals surface area (Å²) >= 11 is 0. The highest BCUT2D eigenvalue weighted by Gasteiger charge is 2.40. The molecule has 4 nitrogen and oxygen atoms in total. The molecule has 0 radical (unpaired) electrons. The number of ether oxygens (including phenoxy) is 2. The number of fused-ring (bicyclic) bond motifs is 1. The van der Waals surface area contributed by atoms with Crippen LogP contribution in [0.4, 0.5) is 0 Å². The fraction of sp³-hybridized carbons (Fsp3) is 0.471. The van der Waals surface area contributed by atoms with Crippen LogP contribution in [0.3, 0.4) is 0 Å². The Hall–Kier alpha value is -2.15. The Morgan fingerprint density at radius 3 is 2.52 bits per heavy atom. The number of rotatable bonds is 2. The Morgan fingerprint density at radius 1 is 1.29 bits per heavy atom. The third-order valence-electron chi connectivity index (χ3n) is 4.20. The van der Waals surface area contributed by atoms with Gasteiger partial charge in [-0.25, -0.2) is 4.79 Å². The quantitative estimate of drug-likeness (QED) is 0.849. The Balaban J connectivity index is 2.58. The first-order valence-electron chi connectivity index (χ1n) is 6.95. The van der Waals surface area contributed by atoms with E-state index in [9.17, 15) is 9.90 Å². The van der Waals surface area contributed by atoms with Gasteiger partial charge in [-0.3, -0.25) is 0 Å². The number of carbonyl (C=O) groups is 1. The van der Waals surface area contributed by atoms with E-state index in [1.807, 2.05) is 20.8 Å². The van der Waals surface area contributed by atoms with E-state index in [0.717, 1.165) is 28.0 Å². The van der Waals surface area contributed by atoms with Crippen molar-refractivity contribution in [1.29, 1.82) is 0 Å². The minimum atomic E-state index is -1.16. The first-order valence-corrected chi connectivity index (χ1v) is 6.95. The van der Waals surface area contributed by atoms with Gasteiger partial charge in [0.2, 0.25) is 5.60 Å². The first-order chi connectivity index (χ1) is 9.81. The normalized spacial score (nSPS) is 19.9. The maximum Gasteiger partial charge on any atom is 0.347 e. The van der Waals surface area contributed by atoms with Crippen molar-refractivity contribution >= 4 is 5.97 Å². The first kappa shape index (κ1) is 15.2. The number of carboxylic acid groups (broad SMARTS) is 1. The molecule has 112 valence electrons. The average Bonchev–Trinajstić information content (AvgIpc) is 2.44. The van der Waals surface area contributed by atoms with E-state index in [1.54, 1.807) is 13.8 Å². The molecule has 0 saturated carbocycles. The summed E-state index contributed by atoms with van der Waals surface area (Å²) in [7, 11) is 0. The van der Waals surface area contributed by atoms with Gasteiger partial charge in [0.15, 0.2) is 0 Å². The summed E-state index contributed by atoms with van der Waals surface area (Å²) in [6, 6.07) is 0. The van der Waals surface area contributed by atoms with Crippen molar-refractivity contribution in [3.05, 3.63) is 22.3 Å². The predicted molar refractivity (Wildman–Crippen MR) is 79.7 cm³/mol. The van der Waals surface area contributed by atoms with E-state index in [4.69, 9.17) is 9.47 Å². The lowest BCUT2D eigenvalue weighted by atomic mass is 9.87. The lowest BCUT2D eigenvalue weighted by molar-refractivity contribution is -0.155. The third kappa shape index (κ3) is 2.44. The third-order valence-corrected chi connectivity index (χ3v) is 4.20. The minimum Gasteiger partial charge on any atom is -0.478 e. The molecule has 1 N–H and O–H groups in total. The zero-order valence-corrected chi connectivity index (χ0v) is 13.1. The van der Waals surface area contributed by atoms with E-state index in [2.05, 4.69) is 12.0 Å². The minimum absolute atomic E-state index is 0.442. The zero-order chi connectivity index (χ0) is 15.8. The largest absolute Gasteiger partial charge is 0.478 e. The number of benzene rings is 1. The summed E-state index contributed by atoms with van der Waals surface area (Å²) in [5, 5.41) is 9.36. The molecule has 1 aliphatic rings. The molecule has 0 fully saturated rings. The maximum atomic E-state index is 11.4. The highest BCUT2D eigenvalue weighted by Crippen LogP contribution is 2.43. The van der Waals surface area contributed by atoms with Crippen molar-refractivity contribution in [3.63, 3.8) is 0 Å². The van der Waals surface area contributed by atoms with E-state index in [1.165, 1.54) is 0 Å². The lowest BCUT2D eigenvalue weighted by Gasteiger charge is -2.34. The van der Waals surface area contributed by atoms with Crippen molar-refractivity contribution < 1.29 is 19.4 Å². The van der Waals surface area contributed by atoms with Crippen LogP contribution in [0.2, 0.25) is 0 Å². The van der Waals surface area contributed by atoms with Crippen LogP contribution in [-0.2, 0) is 11.2 Å². The molecule has 1 unspecified atom stereocenters. The maximum absolute atomic E-state index is 11.4. The summed E-state index contributed by atoms with van der Waals surface area (Å²) in [5.74, 6) is 3.22. The van der Waals surface area contributed by atoms with Crippen molar-refractivity contribution in [3.8, 4) is 23.5 Å². The summed E-state index contributed by atoms with van der Waals surface area (Å²) in [6.45, 7) is 9.16. The summed E-state index contributed by atoms with van der Waals surface area (Å²) < 4.78 is 11.4. The van der Waals surface area contributed by atoms with Crippen LogP contribution < -0.4 is 9.47 Å². The fourth-order valence-electron chi connectivity index (χ4n) is 2.64. The molecule has 0 spiro atoms. The molecule has 2 rings (SSSR count). The predicted octanol–water partition coefficient (Wildman–Crippen LogP) is 3.14. The topological polar surface area (TPSA) is 55.8 Å². The van der Waals surface area contributed by atoms with Crippen LogP contribution >= 0.6 is 0 Å². The molecule has 0 saturated heterocycles. The van der Waals surface area contributed by atoms with Gasteiger partial charge in [-0.1, -0.05) is 5.92 Å². The second kappa shape index (κ2) is 5.33. The Morgan fingerprint density at radius 2 is 1.95 bits per heavy atom. The molecule has 0 aromatic heterocycles. The van der Waals surface area contributed by atoms with Gasteiger partial charge in [-0.05, 0) is 50.8 Å². The highest BCUT2D eigenvalue weighted by atomic mass is 16.5. The number of hydrogen-bond acceptors (Lipinski definition) is 3. The number of carboxylic acids is 1. The van der Waals surface area contributed by atoms with Crippen LogP contribution in [0.5, 0.6) is 11.5 Å². The van der Waals surface area contributed by atoms with Gasteiger partial charge < -0.3 is 14.6 Å². The smallest absolute Gasteiger partial charge is 0.347 e. The number of hydrogen-bond donors (Lipinski definition) is 1. The van der Waals surface area contributed by atoms with Gasteiger partial charge in [0.05, 0.1) is 0 Å². The lowest BCUT2D eigenvalue weighted by Crippen LogP contribution is -2.44. The highest BCUT2D eigenvalue weighted by molar-refractivity contribution is 5.78. The van der Waals surface area contributed by atoms with Gasteiger partial charge in [-0.2, -0.15) is 0 Å². The summed E-state index contributed by atoms with van der Waals surface area (Å²) in [4.78, 5) is 11.4. The van der Waals surface area contributed by atoms with Crippen molar-refractivity contribution in [1.82, 2.24) is 0 Å². The molecular weight excluding hydrogens is 268 g/mol. The zero-order valence-electron chi connectivity index (χ0n) is 13.1. The number of aliphatic carboxylic acids is 1. The Bertz CT molecular complexity index is 664. The molecule has 1 aliphatic heterocycles. The SMILES string of the molecule is CC#COc1c(C)c(C)c2c(c1C)CCC(C)(C(=O)O)O2. The molecule has 0 amide bonds. The van der Waals surface area contributed by atoms with E-state index in [-0.39, 0.29) is 0 Å². The molecular formula is C17H20O4. The Labute approximate surface area is 125 Å². The van der Waals surface area contributed by atoms with E-state index >= 15 is 0 Å². The molecule has 1 atom stereocenters. The van der Waals surface area contributed by atoms with Gasteiger partial charge in [0.25, 0.3) is 0 Å². The molecule has 4 heteroatoms. The fourth-order valence-corrected chi connectivity index (χ4v) is 2.64. The second-order valence-corrected chi connectivity index (χ2v) is 5.60. The van der Waals surface area contributed by atoms with Crippen LogP contribution in [0.15, 0.2) is 0 Å². The van der Waals surface area contributed by atoms with Crippen LogP contribution in [0.25, 0.3) is 0 Å². The van der Waals surface area contributed by atoms with E-state index < -0.39 is 11.6 Å². The monoisotopic (exact) mass is 288 g/mol. The Kier molecular flexibility index (Phi) is 3.87. The van der Waals surface area contributed by atoms with Crippen molar-refractivity contribution in [2.45, 2.75) is 53.1 Å². The molecule has 21 heavy (non-hydrogen) atoms. The van der Waals surface area contributed by atoms with Crippen LogP contribution in [-0.4, -0.2) is 16.7 Å².